The van der Waals surface area contributed by atoms with Crippen molar-refractivity contribution in [2.45, 2.75) is 50.7 Å². The van der Waals surface area contributed by atoms with Gasteiger partial charge in [-0.1, -0.05) is 6.07 Å². The molecule has 0 radical (unpaired) electrons. The summed E-state index contributed by atoms with van der Waals surface area (Å²) in [5.41, 5.74) is 4.03. The van der Waals surface area contributed by atoms with Crippen LogP contribution in [0.2, 0.25) is 0 Å². The van der Waals surface area contributed by atoms with E-state index >= 15 is 0 Å². The molecule has 2 heterocycles. The van der Waals surface area contributed by atoms with Gasteiger partial charge in [-0.15, -0.1) is 0 Å². The van der Waals surface area contributed by atoms with Gasteiger partial charge in [-0.2, -0.15) is 0 Å². The van der Waals surface area contributed by atoms with E-state index in [1.165, 1.54) is 24.0 Å². The Morgan fingerprint density at radius 1 is 1.27 bits per heavy atom. The van der Waals surface area contributed by atoms with Gasteiger partial charge in [0.15, 0.2) is 6.29 Å². The number of aromatic nitrogens is 2. The number of H-pyrrole nitrogens is 1. The van der Waals surface area contributed by atoms with E-state index in [4.69, 9.17) is 9.47 Å². The molecule has 0 saturated carbocycles. The zero-order valence-corrected chi connectivity index (χ0v) is 12.8. The standard InChI is InChI=1S/C18H22N2O2/c1-2-8-21-18(3-1)22-16-6-7-17-13(4-5-14(17)10-16)9-15-11-19-12-20-15/h6-7,10-13,18H,1-5,8-9H2,(H,19,20). The fraction of sp³-hybridized carbons (Fsp3) is 0.500. The molecule has 2 aliphatic rings. The lowest BCUT2D eigenvalue weighted by Gasteiger charge is -2.23. The molecule has 4 rings (SSSR count). The number of rotatable bonds is 4. The van der Waals surface area contributed by atoms with Gasteiger partial charge in [0.1, 0.15) is 5.75 Å². The highest BCUT2D eigenvalue weighted by atomic mass is 16.7. The Labute approximate surface area is 130 Å². The molecule has 2 unspecified atom stereocenters. The SMILES string of the molecule is c1nc(CC2CCc3cc(OC4CCCCO4)ccc32)c[nH]1. The van der Waals surface area contributed by atoms with E-state index in [1.807, 2.05) is 6.20 Å². The number of aromatic amines is 1. The molecular formula is C18H22N2O2. The number of hydrogen-bond acceptors (Lipinski definition) is 3. The lowest BCUT2D eigenvalue weighted by molar-refractivity contribution is -0.105. The molecule has 4 nitrogen and oxygen atoms in total. The Hall–Kier alpha value is -1.81. The number of benzene rings is 1. The molecular weight excluding hydrogens is 276 g/mol. The van der Waals surface area contributed by atoms with Crippen molar-refractivity contribution in [1.29, 1.82) is 0 Å². The molecule has 0 amide bonds. The van der Waals surface area contributed by atoms with E-state index in [0.717, 1.165) is 43.7 Å². The highest BCUT2D eigenvalue weighted by Crippen LogP contribution is 2.37. The van der Waals surface area contributed by atoms with Crippen LogP contribution < -0.4 is 4.74 Å². The zero-order chi connectivity index (χ0) is 14.8. The summed E-state index contributed by atoms with van der Waals surface area (Å²) < 4.78 is 11.6. The van der Waals surface area contributed by atoms with Crippen LogP contribution in [0.15, 0.2) is 30.7 Å². The van der Waals surface area contributed by atoms with Crippen molar-refractivity contribution in [3.05, 3.63) is 47.5 Å². The number of nitrogens with one attached hydrogen (secondary N) is 1. The molecule has 116 valence electrons. The first-order valence-corrected chi connectivity index (χ1v) is 8.27. The summed E-state index contributed by atoms with van der Waals surface area (Å²) in [6.07, 6.45) is 10.4. The maximum atomic E-state index is 5.98. The Kier molecular flexibility index (Phi) is 3.85. The summed E-state index contributed by atoms with van der Waals surface area (Å²) in [5.74, 6) is 1.53. The highest BCUT2D eigenvalue weighted by molar-refractivity contribution is 5.41. The van der Waals surface area contributed by atoms with Crippen molar-refractivity contribution in [2.24, 2.45) is 0 Å². The minimum Gasteiger partial charge on any atom is -0.465 e. The molecule has 1 fully saturated rings. The Bertz CT molecular complexity index is 618. The highest BCUT2D eigenvalue weighted by Gasteiger charge is 2.24. The molecule has 1 aliphatic heterocycles. The quantitative estimate of drug-likeness (QED) is 0.938. The summed E-state index contributed by atoms with van der Waals surface area (Å²) in [7, 11) is 0. The van der Waals surface area contributed by atoms with Gasteiger partial charge < -0.3 is 14.5 Å². The smallest absolute Gasteiger partial charge is 0.199 e. The average molecular weight is 298 g/mol. The van der Waals surface area contributed by atoms with Crippen LogP contribution in [-0.2, 0) is 17.6 Å². The van der Waals surface area contributed by atoms with Crippen LogP contribution >= 0.6 is 0 Å². The van der Waals surface area contributed by atoms with Gasteiger partial charge >= 0.3 is 0 Å². The lowest BCUT2D eigenvalue weighted by Crippen LogP contribution is -2.25. The zero-order valence-electron chi connectivity index (χ0n) is 12.8. The van der Waals surface area contributed by atoms with Gasteiger partial charge in [-0.25, -0.2) is 4.98 Å². The Morgan fingerprint density at radius 3 is 3.09 bits per heavy atom. The number of ether oxygens (including phenoxy) is 2. The van der Waals surface area contributed by atoms with Gasteiger partial charge in [0.05, 0.1) is 18.6 Å². The van der Waals surface area contributed by atoms with E-state index in [-0.39, 0.29) is 6.29 Å². The summed E-state index contributed by atoms with van der Waals surface area (Å²) in [6, 6.07) is 6.54. The van der Waals surface area contributed by atoms with Crippen molar-refractivity contribution in [3.63, 3.8) is 0 Å². The first-order valence-electron chi connectivity index (χ1n) is 8.27. The average Bonchev–Trinajstić information content (AvgIpc) is 3.19. The molecule has 22 heavy (non-hydrogen) atoms. The first-order chi connectivity index (χ1) is 10.9. The van der Waals surface area contributed by atoms with E-state index in [9.17, 15) is 0 Å². The summed E-state index contributed by atoms with van der Waals surface area (Å²) in [6.45, 7) is 0.821. The molecule has 0 spiro atoms. The van der Waals surface area contributed by atoms with Gasteiger partial charge in [0.25, 0.3) is 0 Å². The second-order valence-electron chi connectivity index (χ2n) is 6.27. The van der Waals surface area contributed by atoms with E-state index in [1.54, 1.807) is 6.33 Å². The van der Waals surface area contributed by atoms with Crippen LogP contribution in [0, 0.1) is 0 Å². The fourth-order valence-corrected chi connectivity index (χ4v) is 3.58. The molecule has 1 aliphatic carbocycles. The van der Waals surface area contributed by atoms with E-state index < -0.39 is 0 Å². The second kappa shape index (κ2) is 6.13. The van der Waals surface area contributed by atoms with Crippen molar-refractivity contribution < 1.29 is 9.47 Å². The minimum absolute atomic E-state index is 0.0620. The largest absolute Gasteiger partial charge is 0.465 e. The number of fused-ring (bicyclic) bond motifs is 1. The first kappa shape index (κ1) is 13.8. The Morgan fingerprint density at radius 2 is 2.27 bits per heavy atom. The molecule has 1 aromatic carbocycles. The fourth-order valence-electron chi connectivity index (χ4n) is 3.58. The third kappa shape index (κ3) is 2.88. The second-order valence-corrected chi connectivity index (χ2v) is 6.27. The topological polar surface area (TPSA) is 47.1 Å². The van der Waals surface area contributed by atoms with Crippen molar-refractivity contribution in [1.82, 2.24) is 9.97 Å². The van der Waals surface area contributed by atoms with Gasteiger partial charge in [-0.05, 0) is 61.3 Å². The van der Waals surface area contributed by atoms with Crippen LogP contribution in [0.3, 0.4) is 0 Å². The third-order valence-electron chi connectivity index (χ3n) is 4.73. The number of imidazole rings is 1. The van der Waals surface area contributed by atoms with Crippen LogP contribution in [0.4, 0.5) is 0 Å². The molecule has 4 heteroatoms. The van der Waals surface area contributed by atoms with Crippen molar-refractivity contribution >= 4 is 0 Å². The minimum atomic E-state index is -0.0620. The van der Waals surface area contributed by atoms with Gasteiger partial charge in [-0.3, -0.25) is 0 Å². The van der Waals surface area contributed by atoms with Crippen LogP contribution in [0.25, 0.3) is 0 Å². The molecule has 1 aromatic heterocycles. The van der Waals surface area contributed by atoms with Crippen LogP contribution in [-0.4, -0.2) is 22.9 Å². The number of aryl methyl sites for hydroxylation is 1. The van der Waals surface area contributed by atoms with Crippen molar-refractivity contribution in [2.75, 3.05) is 6.61 Å². The maximum absolute atomic E-state index is 5.98. The van der Waals surface area contributed by atoms with Crippen LogP contribution in [0.5, 0.6) is 5.75 Å². The third-order valence-corrected chi connectivity index (χ3v) is 4.73. The predicted octanol–water partition coefficient (Wildman–Crippen LogP) is 3.59. The van der Waals surface area contributed by atoms with Crippen molar-refractivity contribution in [3.8, 4) is 5.75 Å². The predicted molar refractivity (Wildman–Crippen MR) is 84.0 cm³/mol. The molecule has 0 bridgehead atoms. The molecule has 2 atom stereocenters. The maximum Gasteiger partial charge on any atom is 0.199 e. The molecule has 1 saturated heterocycles. The van der Waals surface area contributed by atoms with E-state index in [2.05, 4.69) is 28.2 Å². The van der Waals surface area contributed by atoms with Gasteiger partial charge in [0, 0.05) is 12.6 Å². The van der Waals surface area contributed by atoms with Gasteiger partial charge in [0.2, 0.25) is 0 Å². The summed E-state index contributed by atoms with van der Waals surface area (Å²) in [5, 5.41) is 0. The number of nitrogens with zero attached hydrogens (tertiary/aromatic N) is 1. The monoisotopic (exact) mass is 298 g/mol. The van der Waals surface area contributed by atoms with E-state index in [0.29, 0.717) is 5.92 Å². The summed E-state index contributed by atoms with van der Waals surface area (Å²) >= 11 is 0. The molecule has 1 N–H and O–H groups in total. The Balaban J connectivity index is 1.45. The summed E-state index contributed by atoms with van der Waals surface area (Å²) in [4.78, 5) is 7.39. The normalized spacial score (nSPS) is 24.2. The van der Waals surface area contributed by atoms with Crippen LogP contribution in [0.1, 0.15) is 48.4 Å². The number of hydrogen-bond donors (Lipinski definition) is 1. The lowest BCUT2D eigenvalue weighted by atomic mass is 9.96. The molecule has 2 aromatic rings.